The quantitative estimate of drug-likeness (QED) is 0.781. The second kappa shape index (κ2) is 6.83. The van der Waals surface area contributed by atoms with Crippen LogP contribution in [0.3, 0.4) is 0 Å². The zero-order valence-electron chi connectivity index (χ0n) is 12.2. The number of phenolic OH excluding ortho intramolecular Hbond substituents is 2. The summed E-state index contributed by atoms with van der Waals surface area (Å²) in [6.45, 7) is 4.09. The number of rotatable bonds is 5. The SMILES string of the molecule is CC(Cc1ccc(Cl)cc1)NC(C)c1ccc(O)cc1O. The van der Waals surface area contributed by atoms with Crippen LogP contribution in [-0.2, 0) is 6.42 Å². The van der Waals surface area contributed by atoms with Crippen molar-refractivity contribution in [3.05, 3.63) is 58.6 Å². The lowest BCUT2D eigenvalue weighted by molar-refractivity contribution is 0.424. The minimum Gasteiger partial charge on any atom is -0.508 e. The Morgan fingerprint density at radius 1 is 1.05 bits per heavy atom. The third-order valence-corrected chi connectivity index (χ3v) is 3.72. The largest absolute Gasteiger partial charge is 0.508 e. The van der Waals surface area contributed by atoms with Gasteiger partial charge in [-0.25, -0.2) is 0 Å². The van der Waals surface area contributed by atoms with E-state index in [1.54, 1.807) is 12.1 Å². The van der Waals surface area contributed by atoms with Crippen LogP contribution in [0, 0.1) is 0 Å². The van der Waals surface area contributed by atoms with E-state index in [1.165, 1.54) is 11.6 Å². The number of hydrogen-bond donors (Lipinski definition) is 3. The molecule has 0 aliphatic carbocycles. The molecular formula is C17H20ClNO2. The molecule has 2 aromatic rings. The van der Waals surface area contributed by atoms with E-state index >= 15 is 0 Å². The van der Waals surface area contributed by atoms with Crippen LogP contribution in [0.5, 0.6) is 11.5 Å². The molecule has 2 unspecified atom stereocenters. The Hall–Kier alpha value is -1.71. The third kappa shape index (κ3) is 4.38. The number of benzene rings is 2. The Labute approximate surface area is 130 Å². The smallest absolute Gasteiger partial charge is 0.124 e. The number of nitrogens with one attached hydrogen (secondary N) is 1. The predicted octanol–water partition coefficient (Wildman–Crippen LogP) is 4.03. The van der Waals surface area contributed by atoms with Crippen molar-refractivity contribution in [3.63, 3.8) is 0 Å². The summed E-state index contributed by atoms with van der Waals surface area (Å²) in [5.74, 6) is 0.173. The maximum atomic E-state index is 9.88. The maximum absolute atomic E-state index is 9.88. The second-order valence-electron chi connectivity index (χ2n) is 5.36. The van der Waals surface area contributed by atoms with Crippen LogP contribution >= 0.6 is 11.6 Å². The van der Waals surface area contributed by atoms with E-state index in [4.69, 9.17) is 11.6 Å². The Bertz CT molecular complexity index is 598. The third-order valence-electron chi connectivity index (χ3n) is 3.47. The molecule has 3 N–H and O–H groups in total. The Morgan fingerprint density at radius 3 is 2.33 bits per heavy atom. The molecule has 0 aromatic heterocycles. The van der Waals surface area contributed by atoms with Crippen molar-refractivity contribution in [1.29, 1.82) is 0 Å². The standard InChI is InChI=1S/C17H20ClNO2/c1-11(9-13-3-5-14(18)6-4-13)19-12(2)16-8-7-15(20)10-17(16)21/h3-8,10-12,19-21H,9H2,1-2H3. The maximum Gasteiger partial charge on any atom is 0.124 e. The first-order valence-corrected chi connectivity index (χ1v) is 7.36. The Balaban J connectivity index is 1.98. The average molecular weight is 306 g/mol. The summed E-state index contributed by atoms with van der Waals surface area (Å²) in [6.07, 6.45) is 0.875. The molecule has 0 bridgehead atoms. The van der Waals surface area contributed by atoms with Crippen molar-refractivity contribution >= 4 is 11.6 Å². The van der Waals surface area contributed by atoms with Gasteiger partial charge in [0.05, 0.1) is 0 Å². The fourth-order valence-electron chi connectivity index (χ4n) is 2.45. The van der Waals surface area contributed by atoms with Gasteiger partial charge in [0.25, 0.3) is 0 Å². The minimum atomic E-state index is -0.00657. The average Bonchev–Trinajstić information content (AvgIpc) is 2.41. The van der Waals surface area contributed by atoms with E-state index in [-0.39, 0.29) is 23.6 Å². The second-order valence-corrected chi connectivity index (χ2v) is 5.80. The Kier molecular flexibility index (Phi) is 5.10. The molecule has 0 saturated carbocycles. The molecule has 0 spiro atoms. The topological polar surface area (TPSA) is 52.5 Å². The van der Waals surface area contributed by atoms with Crippen LogP contribution in [0.2, 0.25) is 5.02 Å². The molecule has 0 amide bonds. The summed E-state index contributed by atoms with van der Waals surface area (Å²) in [5.41, 5.74) is 1.98. The summed E-state index contributed by atoms with van der Waals surface area (Å²) < 4.78 is 0. The lowest BCUT2D eigenvalue weighted by atomic mass is 10.0. The molecule has 112 valence electrons. The molecule has 2 atom stereocenters. The molecule has 21 heavy (non-hydrogen) atoms. The number of hydrogen-bond acceptors (Lipinski definition) is 3. The first kappa shape index (κ1) is 15.7. The molecule has 0 radical (unpaired) electrons. The van der Waals surface area contributed by atoms with Crippen LogP contribution in [0.4, 0.5) is 0 Å². The summed E-state index contributed by atoms with van der Waals surface area (Å²) in [6, 6.07) is 12.7. The minimum absolute atomic E-state index is 0.00657. The van der Waals surface area contributed by atoms with Crippen LogP contribution in [0.15, 0.2) is 42.5 Å². The van der Waals surface area contributed by atoms with Gasteiger partial charge in [0.2, 0.25) is 0 Å². The van der Waals surface area contributed by atoms with Crippen LogP contribution in [0.25, 0.3) is 0 Å². The molecule has 2 aromatic carbocycles. The van der Waals surface area contributed by atoms with Crippen molar-refractivity contribution in [2.45, 2.75) is 32.4 Å². The first-order valence-electron chi connectivity index (χ1n) is 6.98. The molecule has 0 aliphatic rings. The number of phenols is 2. The highest BCUT2D eigenvalue weighted by Crippen LogP contribution is 2.28. The lowest BCUT2D eigenvalue weighted by Gasteiger charge is -2.21. The van der Waals surface area contributed by atoms with Crippen molar-refractivity contribution in [1.82, 2.24) is 5.32 Å². The van der Waals surface area contributed by atoms with E-state index < -0.39 is 0 Å². The van der Waals surface area contributed by atoms with Gasteiger partial charge in [-0.3, -0.25) is 0 Å². The van der Waals surface area contributed by atoms with Gasteiger partial charge in [-0.1, -0.05) is 29.8 Å². The van der Waals surface area contributed by atoms with E-state index in [1.807, 2.05) is 31.2 Å². The molecule has 0 saturated heterocycles. The zero-order chi connectivity index (χ0) is 15.4. The van der Waals surface area contributed by atoms with Crippen LogP contribution in [0.1, 0.15) is 31.0 Å². The highest BCUT2D eigenvalue weighted by Gasteiger charge is 2.13. The monoisotopic (exact) mass is 305 g/mol. The zero-order valence-corrected chi connectivity index (χ0v) is 12.9. The molecule has 2 rings (SSSR count). The molecule has 0 aliphatic heterocycles. The van der Waals surface area contributed by atoms with E-state index in [0.717, 1.165) is 17.0 Å². The molecule has 3 nitrogen and oxygen atoms in total. The lowest BCUT2D eigenvalue weighted by Crippen LogP contribution is -2.30. The molecule has 0 heterocycles. The van der Waals surface area contributed by atoms with Gasteiger partial charge < -0.3 is 15.5 Å². The van der Waals surface area contributed by atoms with Gasteiger partial charge in [0.1, 0.15) is 11.5 Å². The van der Waals surface area contributed by atoms with Crippen molar-refractivity contribution in [2.24, 2.45) is 0 Å². The van der Waals surface area contributed by atoms with Crippen molar-refractivity contribution < 1.29 is 10.2 Å². The van der Waals surface area contributed by atoms with Gasteiger partial charge in [0.15, 0.2) is 0 Å². The van der Waals surface area contributed by atoms with Crippen LogP contribution in [-0.4, -0.2) is 16.3 Å². The first-order chi connectivity index (χ1) is 9.95. The Morgan fingerprint density at radius 2 is 1.71 bits per heavy atom. The molecular weight excluding hydrogens is 286 g/mol. The summed E-state index contributed by atoms with van der Waals surface area (Å²) >= 11 is 5.88. The van der Waals surface area contributed by atoms with Gasteiger partial charge in [-0.05, 0) is 44.0 Å². The summed E-state index contributed by atoms with van der Waals surface area (Å²) in [5, 5.41) is 23.4. The number of halogens is 1. The van der Waals surface area contributed by atoms with Gasteiger partial charge >= 0.3 is 0 Å². The summed E-state index contributed by atoms with van der Waals surface area (Å²) in [4.78, 5) is 0. The highest BCUT2D eigenvalue weighted by molar-refractivity contribution is 6.30. The van der Waals surface area contributed by atoms with Gasteiger partial charge in [0, 0.05) is 28.7 Å². The summed E-state index contributed by atoms with van der Waals surface area (Å²) in [7, 11) is 0. The van der Waals surface area contributed by atoms with Gasteiger partial charge in [-0.15, -0.1) is 0 Å². The van der Waals surface area contributed by atoms with E-state index in [0.29, 0.717) is 0 Å². The molecule has 4 heteroatoms. The normalized spacial score (nSPS) is 13.9. The van der Waals surface area contributed by atoms with Crippen molar-refractivity contribution in [2.75, 3.05) is 0 Å². The van der Waals surface area contributed by atoms with E-state index in [2.05, 4.69) is 12.2 Å². The van der Waals surface area contributed by atoms with Gasteiger partial charge in [-0.2, -0.15) is 0 Å². The van der Waals surface area contributed by atoms with E-state index in [9.17, 15) is 10.2 Å². The predicted molar refractivity (Wildman–Crippen MR) is 85.9 cm³/mol. The number of aromatic hydroxyl groups is 2. The van der Waals surface area contributed by atoms with Crippen molar-refractivity contribution in [3.8, 4) is 11.5 Å². The molecule has 0 fully saturated rings. The fourth-order valence-corrected chi connectivity index (χ4v) is 2.57. The fraction of sp³-hybridized carbons (Fsp3) is 0.294. The van der Waals surface area contributed by atoms with Crippen LogP contribution < -0.4 is 5.32 Å². The highest BCUT2D eigenvalue weighted by atomic mass is 35.5.